The quantitative estimate of drug-likeness (QED) is 0.763. The zero-order valence-corrected chi connectivity index (χ0v) is 8.57. The van der Waals surface area contributed by atoms with Gasteiger partial charge in [0.2, 0.25) is 0 Å². The second-order valence-electron chi connectivity index (χ2n) is 3.04. The van der Waals surface area contributed by atoms with E-state index in [4.69, 9.17) is 0 Å². The lowest BCUT2D eigenvalue weighted by atomic mass is 10.1. The van der Waals surface area contributed by atoms with Gasteiger partial charge >= 0.3 is 0 Å². The standard InChI is InChI=1S/C11H11N2S/c1(5-11-8-14-9-13-11)3-10-4-2-6-12-7-10/h1-2,4,6-9H,3,5H2. The Kier molecular flexibility index (Phi) is 3.24. The van der Waals surface area contributed by atoms with Crippen molar-refractivity contribution in [2.45, 2.75) is 12.8 Å². The number of thiazole rings is 1. The number of pyridine rings is 1. The molecular weight excluding hydrogens is 192 g/mol. The van der Waals surface area contributed by atoms with Crippen molar-refractivity contribution >= 4 is 11.3 Å². The van der Waals surface area contributed by atoms with E-state index in [2.05, 4.69) is 27.8 Å². The van der Waals surface area contributed by atoms with E-state index < -0.39 is 0 Å². The van der Waals surface area contributed by atoms with E-state index in [1.54, 1.807) is 17.5 Å². The summed E-state index contributed by atoms with van der Waals surface area (Å²) in [5.74, 6) is 0. The minimum Gasteiger partial charge on any atom is -0.264 e. The Bertz CT molecular complexity index is 356. The number of aromatic nitrogens is 2. The molecule has 2 heterocycles. The Labute approximate surface area is 87.7 Å². The first-order valence-electron chi connectivity index (χ1n) is 4.53. The molecule has 0 aliphatic carbocycles. The third kappa shape index (κ3) is 2.64. The zero-order valence-electron chi connectivity index (χ0n) is 7.76. The Balaban J connectivity index is 1.79. The lowest BCUT2D eigenvalue weighted by Gasteiger charge is -1.98. The van der Waals surface area contributed by atoms with Crippen molar-refractivity contribution in [3.05, 3.63) is 53.1 Å². The van der Waals surface area contributed by atoms with Gasteiger partial charge in [-0.25, -0.2) is 4.98 Å². The smallest absolute Gasteiger partial charge is 0.0794 e. The van der Waals surface area contributed by atoms with E-state index >= 15 is 0 Å². The number of nitrogens with zero attached hydrogens (tertiary/aromatic N) is 2. The lowest BCUT2D eigenvalue weighted by molar-refractivity contribution is 0.987. The van der Waals surface area contributed by atoms with Gasteiger partial charge in [0.15, 0.2) is 0 Å². The van der Waals surface area contributed by atoms with Crippen molar-refractivity contribution in [1.82, 2.24) is 9.97 Å². The van der Waals surface area contributed by atoms with E-state index in [9.17, 15) is 0 Å². The molecule has 0 aliphatic heterocycles. The maximum absolute atomic E-state index is 4.22. The summed E-state index contributed by atoms with van der Waals surface area (Å²) in [5, 5.41) is 2.08. The predicted octanol–water partition coefficient (Wildman–Crippen LogP) is 2.53. The Morgan fingerprint density at radius 3 is 3.07 bits per heavy atom. The highest BCUT2D eigenvalue weighted by Crippen LogP contribution is 2.06. The summed E-state index contributed by atoms with van der Waals surface area (Å²) in [6.07, 6.45) is 7.83. The van der Waals surface area contributed by atoms with Crippen LogP contribution in [0.3, 0.4) is 0 Å². The molecule has 2 aromatic rings. The van der Waals surface area contributed by atoms with Gasteiger partial charge in [-0.05, 0) is 30.9 Å². The minimum absolute atomic E-state index is 0.943. The third-order valence-corrected chi connectivity index (χ3v) is 2.58. The van der Waals surface area contributed by atoms with E-state index in [0.29, 0.717) is 0 Å². The SMILES string of the molecule is [CH](Cc1cccnc1)Cc1cscn1. The van der Waals surface area contributed by atoms with Gasteiger partial charge in [-0.1, -0.05) is 6.07 Å². The van der Waals surface area contributed by atoms with Gasteiger partial charge in [0.05, 0.1) is 11.2 Å². The van der Waals surface area contributed by atoms with Gasteiger partial charge in [-0.2, -0.15) is 0 Å². The van der Waals surface area contributed by atoms with Crippen molar-refractivity contribution in [2.75, 3.05) is 0 Å². The topological polar surface area (TPSA) is 25.8 Å². The fraction of sp³-hybridized carbons (Fsp3) is 0.182. The van der Waals surface area contributed by atoms with Crippen molar-refractivity contribution in [1.29, 1.82) is 0 Å². The second kappa shape index (κ2) is 4.86. The monoisotopic (exact) mass is 203 g/mol. The highest BCUT2D eigenvalue weighted by Gasteiger charge is 1.96. The predicted molar refractivity (Wildman–Crippen MR) is 58.1 cm³/mol. The van der Waals surface area contributed by atoms with E-state index in [0.717, 1.165) is 18.5 Å². The molecule has 0 saturated carbocycles. The van der Waals surface area contributed by atoms with Crippen molar-refractivity contribution in [3.63, 3.8) is 0 Å². The largest absolute Gasteiger partial charge is 0.264 e. The molecule has 0 bridgehead atoms. The van der Waals surface area contributed by atoms with Crippen LogP contribution in [0.1, 0.15) is 11.3 Å². The van der Waals surface area contributed by atoms with Gasteiger partial charge < -0.3 is 0 Å². The Morgan fingerprint density at radius 1 is 1.36 bits per heavy atom. The maximum Gasteiger partial charge on any atom is 0.0794 e. The van der Waals surface area contributed by atoms with Crippen LogP contribution in [0.25, 0.3) is 0 Å². The van der Waals surface area contributed by atoms with Crippen LogP contribution in [0.5, 0.6) is 0 Å². The highest BCUT2D eigenvalue weighted by atomic mass is 32.1. The molecule has 1 radical (unpaired) electrons. The second-order valence-corrected chi connectivity index (χ2v) is 3.76. The summed E-state index contributed by atoms with van der Waals surface area (Å²) in [6.45, 7) is 0. The van der Waals surface area contributed by atoms with Crippen LogP contribution < -0.4 is 0 Å². The van der Waals surface area contributed by atoms with Crippen LogP contribution in [-0.4, -0.2) is 9.97 Å². The molecule has 0 aliphatic rings. The van der Waals surface area contributed by atoms with Crippen LogP contribution in [-0.2, 0) is 12.8 Å². The van der Waals surface area contributed by atoms with E-state index in [1.807, 2.05) is 17.8 Å². The molecule has 0 fully saturated rings. The first-order valence-corrected chi connectivity index (χ1v) is 5.47. The Morgan fingerprint density at radius 2 is 2.36 bits per heavy atom. The first-order chi connectivity index (χ1) is 6.95. The highest BCUT2D eigenvalue weighted by molar-refractivity contribution is 7.07. The number of hydrogen-bond acceptors (Lipinski definition) is 3. The molecule has 14 heavy (non-hydrogen) atoms. The first kappa shape index (κ1) is 9.34. The number of hydrogen-bond donors (Lipinski definition) is 0. The third-order valence-electron chi connectivity index (χ3n) is 1.94. The molecule has 2 rings (SSSR count). The van der Waals surface area contributed by atoms with Gasteiger partial charge in [0.1, 0.15) is 0 Å². The average Bonchev–Trinajstić information content (AvgIpc) is 2.72. The van der Waals surface area contributed by atoms with Crippen LogP contribution >= 0.6 is 11.3 Å². The van der Waals surface area contributed by atoms with Crippen molar-refractivity contribution in [3.8, 4) is 0 Å². The summed E-state index contributed by atoms with van der Waals surface area (Å²) in [7, 11) is 0. The van der Waals surface area contributed by atoms with Crippen molar-refractivity contribution in [2.24, 2.45) is 0 Å². The normalized spacial score (nSPS) is 10.3. The molecule has 0 atom stereocenters. The molecule has 0 N–H and O–H groups in total. The van der Waals surface area contributed by atoms with Crippen LogP contribution in [0.15, 0.2) is 35.4 Å². The van der Waals surface area contributed by atoms with Crippen LogP contribution in [0, 0.1) is 6.42 Å². The average molecular weight is 203 g/mol. The van der Waals surface area contributed by atoms with Gasteiger partial charge in [0.25, 0.3) is 0 Å². The summed E-state index contributed by atoms with van der Waals surface area (Å²) >= 11 is 1.64. The van der Waals surface area contributed by atoms with Crippen LogP contribution in [0.2, 0.25) is 0 Å². The fourth-order valence-corrected chi connectivity index (χ4v) is 1.82. The molecule has 2 aromatic heterocycles. The number of rotatable bonds is 4. The zero-order chi connectivity index (χ0) is 9.64. The van der Waals surface area contributed by atoms with Gasteiger partial charge in [-0.3, -0.25) is 4.98 Å². The molecule has 0 saturated heterocycles. The van der Waals surface area contributed by atoms with Crippen LogP contribution in [0.4, 0.5) is 0 Å². The fourth-order valence-electron chi connectivity index (χ4n) is 1.24. The molecule has 0 aromatic carbocycles. The summed E-state index contributed by atoms with van der Waals surface area (Å²) in [5.41, 5.74) is 4.27. The summed E-state index contributed by atoms with van der Waals surface area (Å²) in [6, 6.07) is 4.05. The van der Waals surface area contributed by atoms with E-state index in [1.165, 1.54) is 5.56 Å². The molecule has 0 amide bonds. The molecule has 2 nitrogen and oxygen atoms in total. The summed E-state index contributed by atoms with van der Waals surface area (Å²) in [4.78, 5) is 8.29. The molecule has 0 spiro atoms. The minimum atomic E-state index is 0.943. The molecule has 71 valence electrons. The van der Waals surface area contributed by atoms with E-state index in [-0.39, 0.29) is 0 Å². The van der Waals surface area contributed by atoms with Crippen molar-refractivity contribution < 1.29 is 0 Å². The molecule has 0 unspecified atom stereocenters. The van der Waals surface area contributed by atoms with Gasteiger partial charge in [0, 0.05) is 17.8 Å². The lowest BCUT2D eigenvalue weighted by Crippen LogP contribution is -1.91. The molecular formula is C11H11N2S. The maximum atomic E-state index is 4.22. The van der Waals surface area contributed by atoms with Gasteiger partial charge in [-0.15, -0.1) is 11.3 Å². The molecule has 3 heteroatoms. The Hall–Kier alpha value is -1.22. The summed E-state index contributed by atoms with van der Waals surface area (Å²) < 4.78 is 0.